The Kier molecular flexibility index (Phi) is 25.9. The first-order valence-electron chi connectivity index (χ1n) is 35.2. The standard InChI is InChI=1S/C18H17N5O2.C17H17N5O.C16H13N5O2.2C15H13N5O3S/c1-11(24)23(2)13-9-7-12(8-10-13)20-18-16(17(19)25)21-14-5-3-4-6-15(14)22-18;1-22(2)12-7-5-6-11(10-12)19-17-15(16(18)23)20-13-8-3-4-9-14(13)21-17;17-14(22)9-4-3-5-10(8-9)19-16-13(15(18)23)20-11-6-1-2-7-12(11)21-16;16-14(21)13-15(20-12-7-2-1-6-11(12)19-13)18-9-4-3-5-10(8-9)24(17,22)23;16-14(21)13-15(20-12-4-2-1-3-11(12)19-13)18-9-5-7-10(8-6-9)24(17,22)23/h3-10H,1-2H3,(H2,19,25)(H,20,22);3-10H,1-2H3,(H2,18,23)(H,19,21);1-8H,(H2,17,22)(H2,18,23)(H,19,21);2*1-8H,(H2,16,21)(H,18,20)(H2,17,22,23). The third kappa shape index (κ3) is 21.6. The van der Waals surface area contributed by atoms with E-state index in [4.69, 9.17) is 44.7 Å². The second kappa shape index (κ2) is 36.7. The summed E-state index contributed by atoms with van der Waals surface area (Å²) in [5.74, 6) is -2.87. The summed E-state index contributed by atoms with van der Waals surface area (Å²) in [5, 5.41) is 25.1. The largest absolute Gasteiger partial charge is 0.378 e. The molecule has 15 aromatic rings. The minimum absolute atomic E-state index is 0.00998. The number of carbonyl (C=O) groups excluding carboxylic acids is 7. The number of primary amides is 6. The van der Waals surface area contributed by atoms with Gasteiger partial charge in [0.05, 0.1) is 65.0 Å². The number of amides is 7. The maximum Gasteiger partial charge on any atom is 0.271 e. The van der Waals surface area contributed by atoms with E-state index in [0.717, 1.165) is 17.1 Å². The van der Waals surface area contributed by atoms with Crippen molar-refractivity contribution in [3.63, 3.8) is 0 Å². The van der Waals surface area contributed by atoms with Crippen LogP contribution in [-0.2, 0) is 24.8 Å². The number of nitrogens with two attached hydrogens (primary N) is 8. The molecule has 0 atom stereocenters. The number of sulfonamides is 2. The predicted molar refractivity (Wildman–Crippen MR) is 454 cm³/mol. The monoisotopic (exact) mass is 1640 g/mol. The fraction of sp³-hybridized carbons (Fsp3) is 0.0494. The van der Waals surface area contributed by atoms with Crippen LogP contribution in [0, 0.1) is 0 Å². The molecule has 0 radical (unpaired) electrons. The van der Waals surface area contributed by atoms with E-state index in [1.54, 1.807) is 141 Å². The van der Waals surface area contributed by atoms with Crippen molar-refractivity contribution in [3.8, 4) is 0 Å². The highest BCUT2D eigenvalue weighted by atomic mass is 32.2. The van der Waals surface area contributed by atoms with Gasteiger partial charge in [0.25, 0.3) is 29.5 Å². The Morgan fingerprint density at radius 3 is 0.832 bits per heavy atom. The molecule has 36 nitrogen and oxygen atoms in total. The molecule has 0 aliphatic heterocycles. The molecule has 0 saturated heterocycles. The first-order valence-corrected chi connectivity index (χ1v) is 38.3. The summed E-state index contributed by atoms with van der Waals surface area (Å²) in [6.07, 6.45) is 0. The summed E-state index contributed by atoms with van der Waals surface area (Å²) in [5.41, 5.74) is 43.5. The molecular weight excluding hydrogens is 1560 g/mol. The SMILES string of the molecule is CC(=O)N(C)c1ccc(Nc2nc3ccccc3nc2C(N)=O)cc1.CN(C)c1cccc(Nc2nc3ccccc3nc2C(N)=O)c1.NC(=O)c1cccc(Nc2nc3ccccc3nc2C(N)=O)c1.NC(=O)c1nc2ccccc2nc1Nc1ccc(S(N)(=O)=O)cc1.NC(=O)c1nc2ccccc2nc1Nc1cccc(S(N)(=O)=O)c1. The van der Waals surface area contributed by atoms with Crippen LogP contribution in [0.15, 0.2) is 252 Å². The molecule has 600 valence electrons. The number of para-hydroxylation sites is 10. The zero-order valence-electron chi connectivity index (χ0n) is 63.4. The van der Waals surface area contributed by atoms with Crippen molar-refractivity contribution < 1.29 is 50.4 Å². The van der Waals surface area contributed by atoms with Crippen LogP contribution in [0.1, 0.15) is 69.7 Å². The van der Waals surface area contributed by atoms with Gasteiger partial charge >= 0.3 is 0 Å². The van der Waals surface area contributed by atoms with Crippen molar-refractivity contribution in [2.24, 2.45) is 44.7 Å². The van der Waals surface area contributed by atoms with E-state index in [0.29, 0.717) is 95.1 Å². The molecule has 38 heteroatoms. The summed E-state index contributed by atoms with van der Waals surface area (Å²) in [6, 6.07) is 68.8. The van der Waals surface area contributed by atoms with Gasteiger partial charge < -0.3 is 70.8 Å². The van der Waals surface area contributed by atoms with Crippen LogP contribution in [0.25, 0.3) is 55.2 Å². The Labute approximate surface area is 677 Å². The maximum absolute atomic E-state index is 11.7. The molecule has 0 saturated carbocycles. The summed E-state index contributed by atoms with van der Waals surface area (Å²) in [7, 11) is -2.00. The number of primary sulfonamides is 2. The molecule has 0 bridgehead atoms. The van der Waals surface area contributed by atoms with Crippen LogP contribution in [-0.4, -0.2) is 129 Å². The second-order valence-corrected chi connectivity index (χ2v) is 28.8. The van der Waals surface area contributed by atoms with E-state index in [2.05, 4.69) is 76.4 Å². The Morgan fingerprint density at radius 2 is 0.546 bits per heavy atom. The smallest absolute Gasteiger partial charge is 0.271 e. The first-order chi connectivity index (χ1) is 56.7. The van der Waals surface area contributed by atoms with E-state index in [1.165, 1.54) is 54.3 Å². The molecule has 0 fully saturated rings. The van der Waals surface area contributed by atoms with Gasteiger partial charge in [0.15, 0.2) is 57.6 Å². The number of rotatable bonds is 20. The van der Waals surface area contributed by atoms with E-state index < -0.39 is 55.5 Å². The van der Waals surface area contributed by atoms with Gasteiger partial charge in [0.1, 0.15) is 0 Å². The normalized spacial score (nSPS) is 10.8. The maximum atomic E-state index is 11.7. The minimum Gasteiger partial charge on any atom is -0.378 e. The van der Waals surface area contributed by atoms with Crippen LogP contribution < -0.4 is 81.1 Å². The number of fused-ring (bicyclic) bond motifs is 5. The molecule has 5 aromatic heterocycles. The molecule has 21 N–H and O–H groups in total. The molecule has 0 unspecified atom stereocenters. The molecule has 7 amide bonds. The van der Waals surface area contributed by atoms with Crippen LogP contribution >= 0.6 is 0 Å². The van der Waals surface area contributed by atoms with Crippen molar-refractivity contribution in [2.75, 3.05) is 57.5 Å². The lowest BCUT2D eigenvalue weighted by Gasteiger charge is -2.16. The predicted octanol–water partition coefficient (Wildman–Crippen LogP) is 8.80. The van der Waals surface area contributed by atoms with Crippen molar-refractivity contribution in [2.45, 2.75) is 16.7 Å². The number of nitrogens with one attached hydrogen (secondary N) is 5. The molecule has 5 heterocycles. The Hall–Kier alpha value is -16.2. The van der Waals surface area contributed by atoms with Gasteiger partial charge in [0, 0.05) is 73.4 Å². The highest BCUT2D eigenvalue weighted by molar-refractivity contribution is 7.89. The lowest BCUT2D eigenvalue weighted by atomic mass is 10.2. The van der Waals surface area contributed by atoms with Gasteiger partial charge in [-0.3, -0.25) is 33.6 Å². The molecule has 0 spiro atoms. The quantitative estimate of drug-likeness (QED) is 0.0339. The Balaban J connectivity index is 0.000000146. The molecule has 0 aliphatic carbocycles. The minimum atomic E-state index is -3.85. The van der Waals surface area contributed by atoms with Crippen LogP contribution in [0.5, 0.6) is 0 Å². The van der Waals surface area contributed by atoms with E-state index in [-0.39, 0.29) is 61.6 Å². The fourth-order valence-electron chi connectivity index (χ4n) is 11.0. The third-order valence-electron chi connectivity index (χ3n) is 16.9. The number of benzene rings is 10. The summed E-state index contributed by atoms with van der Waals surface area (Å²) >= 11 is 0. The van der Waals surface area contributed by atoms with Crippen molar-refractivity contribution in [3.05, 3.63) is 277 Å². The van der Waals surface area contributed by atoms with Gasteiger partial charge in [-0.15, -0.1) is 0 Å². The van der Waals surface area contributed by atoms with Crippen molar-refractivity contribution in [1.29, 1.82) is 0 Å². The fourth-order valence-corrected chi connectivity index (χ4v) is 12.1. The van der Waals surface area contributed by atoms with Crippen molar-refractivity contribution >= 4 is 185 Å². The lowest BCUT2D eigenvalue weighted by Crippen LogP contribution is -2.22. The number of carbonyl (C=O) groups is 7. The Bertz CT molecular complexity index is 6690. The van der Waals surface area contributed by atoms with E-state index >= 15 is 0 Å². The van der Waals surface area contributed by atoms with Crippen LogP contribution in [0.4, 0.5) is 68.9 Å². The van der Waals surface area contributed by atoms with Gasteiger partial charge in [-0.25, -0.2) is 77.0 Å². The number of hydrogen-bond acceptors (Lipinski definition) is 27. The van der Waals surface area contributed by atoms with Gasteiger partial charge in [-0.05, 0) is 164 Å². The molecule has 0 aliphatic rings. The third-order valence-corrected chi connectivity index (χ3v) is 18.8. The number of nitrogens with zero attached hydrogens (tertiary/aromatic N) is 12. The zero-order chi connectivity index (χ0) is 85.4. The van der Waals surface area contributed by atoms with Gasteiger partial charge in [-0.2, -0.15) is 0 Å². The topological polar surface area (TPSA) is 591 Å². The van der Waals surface area contributed by atoms with Crippen LogP contribution in [0.2, 0.25) is 0 Å². The lowest BCUT2D eigenvalue weighted by molar-refractivity contribution is -0.116. The van der Waals surface area contributed by atoms with E-state index in [1.807, 2.05) is 85.7 Å². The molecular formula is C81H73N25O11S2. The zero-order valence-corrected chi connectivity index (χ0v) is 65.0. The average molecular weight is 1640 g/mol. The molecule has 119 heavy (non-hydrogen) atoms. The first kappa shape index (κ1) is 83.7. The van der Waals surface area contributed by atoms with Crippen LogP contribution in [0.3, 0.4) is 0 Å². The van der Waals surface area contributed by atoms with Gasteiger partial charge in [-0.1, -0.05) is 78.9 Å². The number of anilines is 12. The number of aromatic nitrogens is 10. The second-order valence-electron chi connectivity index (χ2n) is 25.7. The molecule has 10 aromatic carbocycles. The summed E-state index contributed by atoms with van der Waals surface area (Å²) in [6.45, 7) is 1.50. The highest BCUT2D eigenvalue weighted by Gasteiger charge is 2.21. The Morgan fingerprint density at radius 1 is 0.277 bits per heavy atom. The highest BCUT2D eigenvalue weighted by Crippen LogP contribution is 2.30. The average Bonchev–Trinajstić information content (AvgIpc) is 0.816. The molecule has 15 rings (SSSR count). The number of hydrogen-bond donors (Lipinski definition) is 13. The summed E-state index contributed by atoms with van der Waals surface area (Å²) in [4.78, 5) is 128. The van der Waals surface area contributed by atoms with Gasteiger partial charge in [0.2, 0.25) is 31.9 Å². The summed E-state index contributed by atoms with van der Waals surface area (Å²) < 4.78 is 45.4. The van der Waals surface area contributed by atoms with Crippen molar-refractivity contribution in [1.82, 2.24) is 49.8 Å². The van der Waals surface area contributed by atoms with E-state index in [9.17, 15) is 50.4 Å².